The Bertz CT molecular complexity index is 1600. The summed E-state index contributed by atoms with van der Waals surface area (Å²) in [6.45, 7) is 5.56. The van der Waals surface area contributed by atoms with Crippen LogP contribution in [0.3, 0.4) is 0 Å². The zero-order valence-electron chi connectivity index (χ0n) is 24.5. The maximum absolute atomic E-state index is 13.6. The number of rotatable bonds is 7. The quantitative estimate of drug-likeness (QED) is 0.325. The molecule has 0 bridgehead atoms. The van der Waals surface area contributed by atoms with Crippen molar-refractivity contribution in [2.45, 2.75) is 58.4 Å². The van der Waals surface area contributed by atoms with Crippen molar-refractivity contribution < 1.29 is 9.59 Å². The van der Waals surface area contributed by atoms with Crippen molar-refractivity contribution in [3.63, 3.8) is 0 Å². The SMILES string of the molecule is CCc1cccc(CC)c1NC(=O)c1nn(C)c2c1CCc1cnc(NC3CCN(C(=O)c4ccccc4)CC3)nc1-2. The number of hydrogen-bond acceptors (Lipinski definition) is 6. The van der Waals surface area contributed by atoms with Gasteiger partial charge in [-0.2, -0.15) is 5.10 Å². The van der Waals surface area contributed by atoms with E-state index >= 15 is 0 Å². The smallest absolute Gasteiger partial charge is 0.276 e. The molecule has 6 rings (SSSR count). The number of aromatic nitrogens is 4. The van der Waals surface area contributed by atoms with Gasteiger partial charge in [0.25, 0.3) is 11.8 Å². The molecule has 3 heterocycles. The third kappa shape index (κ3) is 5.26. The lowest BCUT2D eigenvalue weighted by Crippen LogP contribution is -2.42. The van der Waals surface area contributed by atoms with Gasteiger partial charge in [0.1, 0.15) is 0 Å². The highest BCUT2D eigenvalue weighted by Crippen LogP contribution is 2.35. The minimum Gasteiger partial charge on any atom is -0.351 e. The largest absolute Gasteiger partial charge is 0.351 e. The lowest BCUT2D eigenvalue weighted by Gasteiger charge is -2.32. The van der Waals surface area contributed by atoms with E-state index in [1.807, 2.05) is 54.5 Å². The molecule has 1 fully saturated rings. The molecular formula is C33H37N7O2. The number of anilines is 2. The number of hydrogen-bond donors (Lipinski definition) is 2. The molecule has 42 heavy (non-hydrogen) atoms. The van der Waals surface area contributed by atoms with Crippen molar-refractivity contribution in [3.05, 3.63) is 88.2 Å². The summed E-state index contributed by atoms with van der Waals surface area (Å²) in [5.41, 5.74) is 7.98. The number of para-hydroxylation sites is 1. The van der Waals surface area contributed by atoms with Gasteiger partial charge in [0.05, 0.1) is 11.4 Å². The standard InChI is InChI=1S/C33H37N7O2/c1-4-21-12-9-13-22(5-2)27(21)36-31(41)29-26-15-14-24-20-34-33(37-28(24)30(26)39(3)38-29)35-25-16-18-40(19-17-25)32(42)23-10-7-6-8-11-23/h6-13,20,25H,4-5,14-19H2,1-3H3,(H,36,41)(H,34,35,37). The number of nitrogens with one attached hydrogen (secondary N) is 2. The number of amides is 2. The summed E-state index contributed by atoms with van der Waals surface area (Å²) in [4.78, 5) is 37.9. The zero-order valence-corrected chi connectivity index (χ0v) is 24.5. The van der Waals surface area contributed by atoms with Crippen LogP contribution < -0.4 is 10.6 Å². The molecule has 2 aromatic heterocycles. The Labute approximate surface area is 246 Å². The first-order valence-electron chi connectivity index (χ1n) is 14.9. The molecule has 0 spiro atoms. The average molecular weight is 564 g/mol. The van der Waals surface area contributed by atoms with E-state index in [1.54, 1.807) is 4.68 Å². The summed E-state index contributed by atoms with van der Waals surface area (Å²) in [5.74, 6) is 0.452. The fourth-order valence-corrected chi connectivity index (χ4v) is 6.16. The Morgan fingerprint density at radius 2 is 1.67 bits per heavy atom. The van der Waals surface area contributed by atoms with Gasteiger partial charge in [0.15, 0.2) is 5.69 Å². The number of nitrogens with zero attached hydrogens (tertiary/aromatic N) is 5. The summed E-state index contributed by atoms with van der Waals surface area (Å²) in [5, 5.41) is 11.4. The van der Waals surface area contributed by atoms with E-state index in [1.165, 1.54) is 0 Å². The number of fused-ring (bicyclic) bond motifs is 3. The van der Waals surface area contributed by atoms with Crippen LogP contribution in [0.4, 0.5) is 11.6 Å². The number of likely N-dealkylation sites (tertiary alicyclic amines) is 1. The summed E-state index contributed by atoms with van der Waals surface area (Å²) >= 11 is 0. The molecule has 0 atom stereocenters. The Morgan fingerprint density at radius 1 is 0.952 bits per heavy atom. The normalized spacial score (nSPS) is 14.7. The second-order valence-electron chi connectivity index (χ2n) is 11.1. The maximum atomic E-state index is 13.6. The van der Waals surface area contributed by atoms with Crippen LogP contribution in [0.5, 0.6) is 0 Å². The van der Waals surface area contributed by atoms with Crippen molar-refractivity contribution in [1.29, 1.82) is 0 Å². The summed E-state index contributed by atoms with van der Waals surface area (Å²) < 4.78 is 1.78. The fourth-order valence-electron chi connectivity index (χ4n) is 6.16. The molecule has 0 saturated carbocycles. The molecule has 2 aromatic carbocycles. The topological polar surface area (TPSA) is 105 Å². The number of benzene rings is 2. The number of aryl methyl sites for hydroxylation is 4. The van der Waals surface area contributed by atoms with Gasteiger partial charge in [0.2, 0.25) is 5.95 Å². The van der Waals surface area contributed by atoms with E-state index in [2.05, 4.69) is 46.7 Å². The monoisotopic (exact) mass is 563 g/mol. The van der Waals surface area contributed by atoms with Gasteiger partial charge >= 0.3 is 0 Å². The molecule has 2 aliphatic rings. The number of piperidine rings is 1. The molecule has 0 radical (unpaired) electrons. The van der Waals surface area contributed by atoms with Crippen molar-refractivity contribution >= 4 is 23.5 Å². The number of carbonyl (C=O) groups is 2. The first-order valence-corrected chi connectivity index (χ1v) is 14.9. The molecule has 1 aliphatic carbocycles. The van der Waals surface area contributed by atoms with E-state index < -0.39 is 0 Å². The van der Waals surface area contributed by atoms with E-state index in [0.717, 1.165) is 77.0 Å². The predicted molar refractivity (Wildman–Crippen MR) is 164 cm³/mol. The molecule has 1 saturated heterocycles. The van der Waals surface area contributed by atoms with Crippen molar-refractivity contribution in [3.8, 4) is 11.4 Å². The van der Waals surface area contributed by atoms with Crippen LogP contribution in [-0.4, -0.2) is 55.6 Å². The lowest BCUT2D eigenvalue weighted by molar-refractivity contribution is 0.0718. The highest BCUT2D eigenvalue weighted by atomic mass is 16.2. The van der Waals surface area contributed by atoms with Crippen LogP contribution >= 0.6 is 0 Å². The van der Waals surface area contributed by atoms with E-state index in [-0.39, 0.29) is 17.9 Å². The fraction of sp³-hybridized carbons (Fsp3) is 0.364. The highest BCUT2D eigenvalue weighted by Gasteiger charge is 2.30. The van der Waals surface area contributed by atoms with Gasteiger partial charge < -0.3 is 15.5 Å². The molecule has 1 aliphatic heterocycles. The minimum atomic E-state index is -0.185. The third-order valence-corrected chi connectivity index (χ3v) is 8.47. The average Bonchev–Trinajstić information content (AvgIpc) is 3.38. The molecule has 2 N–H and O–H groups in total. The Hall–Kier alpha value is -4.53. The van der Waals surface area contributed by atoms with Gasteiger partial charge in [-0.15, -0.1) is 0 Å². The molecule has 0 unspecified atom stereocenters. The second-order valence-corrected chi connectivity index (χ2v) is 11.1. The summed E-state index contributed by atoms with van der Waals surface area (Å²) in [6, 6.07) is 15.8. The van der Waals surface area contributed by atoms with Crippen molar-refractivity contribution in [2.75, 3.05) is 23.7 Å². The number of carbonyl (C=O) groups excluding carboxylic acids is 2. The maximum Gasteiger partial charge on any atom is 0.276 e. The van der Waals surface area contributed by atoms with E-state index in [4.69, 9.17) is 4.98 Å². The molecule has 4 aromatic rings. The van der Waals surface area contributed by atoms with Gasteiger partial charge in [-0.1, -0.05) is 50.2 Å². The van der Waals surface area contributed by atoms with E-state index in [0.29, 0.717) is 31.2 Å². The molecule has 216 valence electrons. The Balaban J connectivity index is 1.18. The summed E-state index contributed by atoms with van der Waals surface area (Å²) in [7, 11) is 1.87. The van der Waals surface area contributed by atoms with Crippen LogP contribution in [-0.2, 0) is 32.7 Å². The van der Waals surface area contributed by atoms with Gasteiger partial charge in [-0.25, -0.2) is 9.97 Å². The Morgan fingerprint density at radius 3 is 2.36 bits per heavy atom. The Kier molecular flexibility index (Phi) is 7.73. The van der Waals surface area contributed by atoms with Crippen LogP contribution in [0.25, 0.3) is 11.4 Å². The highest BCUT2D eigenvalue weighted by molar-refractivity contribution is 6.06. The van der Waals surface area contributed by atoms with Crippen LogP contribution in [0.2, 0.25) is 0 Å². The zero-order chi connectivity index (χ0) is 29.2. The predicted octanol–water partition coefficient (Wildman–Crippen LogP) is 5.07. The molecule has 9 heteroatoms. The van der Waals surface area contributed by atoms with Crippen LogP contribution in [0, 0.1) is 0 Å². The van der Waals surface area contributed by atoms with Gasteiger partial charge in [0, 0.05) is 49.2 Å². The van der Waals surface area contributed by atoms with Crippen molar-refractivity contribution in [2.24, 2.45) is 7.05 Å². The van der Waals surface area contributed by atoms with Crippen molar-refractivity contribution in [1.82, 2.24) is 24.6 Å². The first-order chi connectivity index (χ1) is 20.5. The molecular weight excluding hydrogens is 526 g/mol. The minimum absolute atomic E-state index is 0.0757. The third-order valence-electron chi connectivity index (χ3n) is 8.47. The molecule has 9 nitrogen and oxygen atoms in total. The lowest BCUT2D eigenvalue weighted by atomic mass is 9.93. The van der Waals surface area contributed by atoms with Crippen LogP contribution in [0.15, 0.2) is 54.7 Å². The van der Waals surface area contributed by atoms with Gasteiger partial charge in [-0.05, 0) is 67.3 Å². The first kappa shape index (κ1) is 27.6. The molecule has 2 amide bonds. The van der Waals surface area contributed by atoms with E-state index in [9.17, 15) is 9.59 Å². The van der Waals surface area contributed by atoms with Crippen LogP contribution in [0.1, 0.15) is 69.8 Å². The second kappa shape index (κ2) is 11.8. The van der Waals surface area contributed by atoms with Gasteiger partial charge in [-0.3, -0.25) is 14.3 Å². The summed E-state index contributed by atoms with van der Waals surface area (Å²) in [6.07, 6.45) is 6.66.